The highest BCUT2D eigenvalue weighted by atomic mass is 16.5. The number of rotatable bonds is 6. The lowest BCUT2D eigenvalue weighted by Crippen LogP contribution is -2.61. The van der Waals surface area contributed by atoms with Gasteiger partial charge in [-0.25, -0.2) is 0 Å². The highest BCUT2D eigenvalue weighted by molar-refractivity contribution is 5.13. The zero-order valence-corrected chi connectivity index (χ0v) is 13.0. The summed E-state index contributed by atoms with van der Waals surface area (Å²) >= 11 is 0. The molecule has 1 aromatic carbocycles. The van der Waals surface area contributed by atoms with Gasteiger partial charge in [-0.1, -0.05) is 30.3 Å². The molecule has 1 atom stereocenters. The molecular weight excluding hydrogens is 260 g/mol. The Bertz CT molecular complexity index is 425. The average Bonchev–Trinajstić information content (AvgIpc) is 2.48. The summed E-state index contributed by atoms with van der Waals surface area (Å²) < 4.78 is 5.95. The normalized spacial score (nSPS) is 25.5. The van der Waals surface area contributed by atoms with Crippen LogP contribution in [0.15, 0.2) is 30.3 Å². The molecule has 1 aliphatic carbocycles. The number of nitrogens with two attached hydrogens (primary N) is 1. The molecular formula is C18H28N2O. The van der Waals surface area contributed by atoms with Crippen molar-refractivity contribution in [1.29, 1.82) is 0 Å². The lowest BCUT2D eigenvalue weighted by atomic mass is 9.74. The molecule has 0 spiro atoms. The predicted octanol–water partition coefficient (Wildman–Crippen LogP) is 2.80. The second kappa shape index (κ2) is 6.91. The van der Waals surface area contributed by atoms with Gasteiger partial charge in [0.1, 0.15) is 0 Å². The summed E-state index contributed by atoms with van der Waals surface area (Å²) in [6, 6.07) is 10.5. The summed E-state index contributed by atoms with van der Waals surface area (Å²) in [5.41, 5.74) is 7.65. The van der Waals surface area contributed by atoms with Gasteiger partial charge in [-0.2, -0.15) is 0 Å². The molecule has 0 aromatic heterocycles. The van der Waals surface area contributed by atoms with Crippen LogP contribution in [0.2, 0.25) is 0 Å². The Balaban J connectivity index is 1.46. The molecule has 21 heavy (non-hydrogen) atoms. The van der Waals surface area contributed by atoms with E-state index < -0.39 is 0 Å². The lowest BCUT2D eigenvalue weighted by molar-refractivity contribution is -0.0276. The Morgan fingerprint density at radius 3 is 2.67 bits per heavy atom. The van der Waals surface area contributed by atoms with Gasteiger partial charge in [0.05, 0.1) is 13.2 Å². The van der Waals surface area contributed by atoms with E-state index in [1.54, 1.807) is 0 Å². The van der Waals surface area contributed by atoms with Gasteiger partial charge < -0.3 is 10.5 Å². The van der Waals surface area contributed by atoms with Crippen molar-refractivity contribution in [2.24, 2.45) is 11.7 Å². The molecule has 1 aromatic rings. The Morgan fingerprint density at radius 2 is 2.00 bits per heavy atom. The number of hydrogen-bond donors (Lipinski definition) is 1. The van der Waals surface area contributed by atoms with Crippen LogP contribution in [-0.2, 0) is 11.3 Å². The van der Waals surface area contributed by atoms with Gasteiger partial charge in [0, 0.05) is 18.6 Å². The Kier molecular flexibility index (Phi) is 4.94. The molecule has 1 aliphatic heterocycles. The molecule has 1 unspecified atom stereocenters. The van der Waals surface area contributed by atoms with Crippen molar-refractivity contribution in [1.82, 2.24) is 4.90 Å². The number of nitrogens with zero attached hydrogens (tertiary/aromatic N) is 1. The maximum absolute atomic E-state index is 6.05. The molecule has 2 fully saturated rings. The second-order valence-electron chi connectivity index (χ2n) is 6.74. The van der Waals surface area contributed by atoms with Crippen molar-refractivity contribution in [3.8, 4) is 0 Å². The van der Waals surface area contributed by atoms with E-state index in [4.69, 9.17) is 10.5 Å². The predicted molar refractivity (Wildman–Crippen MR) is 86.0 cm³/mol. The summed E-state index contributed by atoms with van der Waals surface area (Å²) in [7, 11) is 0. The monoisotopic (exact) mass is 288 g/mol. The van der Waals surface area contributed by atoms with E-state index in [1.165, 1.54) is 50.8 Å². The summed E-state index contributed by atoms with van der Waals surface area (Å²) in [6.45, 7) is 4.84. The highest BCUT2D eigenvalue weighted by Crippen LogP contribution is 2.39. The Labute approximate surface area is 128 Å². The van der Waals surface area contributed by atoms with Gasteiger partial charge in [0.2, 0.25) is 0 Å². The molecule has 0 bridgehead atoms. The van der Waals surface area contributed by atoms with Crippen LogP contribution in [0.25, 0.3) is 0 Å². The van der Waals surface area contributed by atoms with E-state index in [2.05, 4.69) is 29.2 Å². The molecule has 3 rings (SSSR count). The van der Waals surface area contributed by atoms with Crippen molar-refractivity contribution in [3.05, 3.63) is 35.9 Å². The lowest BCUT2D eigenvalue weighted by Gasteiger charge is -2.52. The van der Waals surface area contributed by atoms with Crippen LogP contribution in [0.5, 0.6) is 0 Å². The molecule has 0 amide bonds. The molecule has 116 valence electrons. The third-order valence-corrected chi connectivity index (χ3v) is 5.32. The molecule has 1 heterocycles. The maximum Gasteiger partial charge on any atom is 0.0717 e. The first kappa shape index (κ1) is 15.0. The third kappa shape index (κ3) is 3.47. The van der Waals surface area contributed by atoms with E-state index in [1.807, 2.05) is 6.07 Å². The molecule has 1 saturated heterocycles. The summed E-state index contributed by atoms with van der Waals surface area (Å²) in [5, 5.41) is 0. The smallest absolute Gasteiger partial charge is 0.0717 e. The van der Waals surface area contributed by atoms with E-state index in [-0.39, 0.29) is 0 Å². The van der Waals surface area contributed by atoms with Crippen molar-refractivity contribution in [3.63, 3.8) is 0 Å². The first-order valence-electron chi connectivity index (χ1n) is 8.39. The number of hydrogen-bond acceptors (Lipinski definition) is 3. The number of benzene rings is 1. The summed E-state index contributed by atoms with van der Waals surface area (Å²) in [5.74, 6) is 0.673. The van der Waals surface area contributed by atoms with E-state index in [9.17, 15) is 0 Å². The largest absolute Gasteiger partial charge is 0.376 e. The molecule has 2 N–H and O–H groups in total. The van der Waals surface area contributed by atoms with Crippen molar-refractivity contribution in [2.45, 2.75) is 44.2 Å². The van der Waals surface area contributed by atoms with E-state index in [0.717, 1.165) is 19.8 Å². The molecule has 0 radical (unpaired) electrons. The van der Waals surface area contributed by atoms with Gasteiger partial charge in [-0.05, 0) is 50.1 Å². The highest BCUT2D eigenvalue weighted by Gasteiger charge is 2.42. The topological polar surface area (TPSA) is 38.5 Å². The van der Waals surface area contributed by atoms with Crippen LogP contribution in [-0.4, -0.2) is 36.7 Å². The zero-order chi connectivity index (χ0) is 14.5. The Morgan fingerprint density at radius 1 is 1.19 bits per heavy atom. The second-order valence-corrected chi connectivity index (χ2v) is 6.74. The van der Waals surface area contributed by atoms with Crippen molar-refractivity contribution < 1.29 is 4.74 Å². The minimum Gasteiger partial charge on any atom is -0.376 e. The quantitative estimate of drug-likeness (QED) is 0.875. The SMILES string of the molecule is NCC1(N2CCCC(COCc3ccccc3)C2)CCC1. The molecule has 3 nitrogen and oxygen atoms in total. The third-order valence-electron chi connectivity index (χ3n) is 5.32. The Hall–Kier alpha value is -0.900. The van der Waals surface area contributed by atoms with Crippen molar-refractivity contribution in [2.75, 3.05) is 26.2 Å². The van der Waals surface area contributed by atoms with Crippen LogP contribution >= 0.6 is 0 Å². The van der Waals surface area contributed by atoms with Gasteiger partial charge >= 0.3 is 0 Å². The minimum absolute atomic E-state index is 0.331. The summed E-state index contributed by atoms with van der Waals surface area (Å²) in [6.07, 6.45) is 6.53. The standard InChI is InChI=1S/C18H28N2O/c19-15-18(9-5-10-18)20-11-4-8-17(12-20)14-21-13-16-6-2-1-3-7-16/h1-3,6-7,17H,4-5,8-15,19H2. The van der Waals surface area contributed by atoms with Gasteiger partial charge in [0.25, 0.3) is 0 Å². The average molecular weight is 288 g/mol. The van der Waals surface area contributed by atoms with E-state index in [0.29, 0.717) is 11.5 Å². The van der Waals surface area contributed by atoms with Crippen LogP contribution in [0, 0.1) is 5.92 Å². The summed E-state index contributed by atoms with van der Waals surface area (Å²) in [4.78, 5) is 2.66. The first-order chi connectivity index (χ1) is 10.3. The molecule has 1 saturated carbocycles. The van der Waals surface area contributed by atoms with Gasteiger partial charge in [-0.3, -0.25) is 4.90 Å². The van der Waals surface area contributed by atoms with Gasteiger partial charge in [-0.15, -0.1) is 0 Å². The molecule has 3 heteroatoms. The fraction of sp³-hybridized carbons (Fsp3) is 0.667. The maximum atomic E-state index is 6.05. The fourth-order valence-corrected chi connectivity index (χ4v) is 3.78. The van der Waals surface area contributed by atoms with Crippen LogP contribution < -0.4 is 5.73 Å². The van der Waals surface area contributed by atoms with Crippen LogP contribution in [0.1, 0.15) is 37.7 Å². The molecule has 2 aliphatic rings. The van der Waals surface area contributed by atoms with Crippen LogP contribution in [0.4, 0.5) is 0 Å². The number of likely N-dealkylation sites (tertiary alicyclic amines) is 1. The van der Waals surface area contributed by atoms with E-state index >= 15 is 0 Å². The number of ether oxygens (including phenoxy) is 1. The minimum atomic E-state index is 0.331. The first-order valence-corrected chi connectivity index (χ1v) is 8.39. The van der Waals surface area contributed by atoms with Gasteiger partial charge in [0.15, 0.2) is 0 Å². The number of piperidine rings is 1. The zero-order valence-electron chi connectivity index (χ0n) is 13.0. The van der Waals surface area contributed by atoms with Crippen LogP contribution in [0.3, 0.4) is 0 Å². The fourth-order valence-electron chi connectivity index (χ4n) is 3.78. The van der Waals surface area contributed by atoms with Crippen molar-refractivity contribution >= 4 is 0 Å².